The highest BCUT2D eigenvalue weighted by atomic mass is 79.9. The van der Waals surface area contributed by atoms with E-state index >= 15 is 0 Å². The molecule has 0 bridgehead atoms. The molecule has 106 valence electrons. The molecule has 1 heterocycles. The van der Waals surface area contributed by atoms with Crippen LogP contribution in [0.25, 0.3) is 0 Å². The Labute approximate surface area is 137 Å². The number of aromatic nitrogens is 2. The molecule has 0 saturated heterocycles. The summed E-state index contributed by atoms with van der Waals surface area (Å²) in [6.07, 6.45) is 1.38. The van der Waals surface area contributed by atoms with Gasteiger partial charge < -0.3 is 0 Å². The first kappa shape index (κ1) is 15.6. The van der Waals surface area contributed by atoms with E-state index in [4.69, 9.17) is 11.1 Å². The van der Waals surface area contributed by atoms with Crippen LogP contribution in [-0.2, 0) is 5.33 Å². The molecule has 1 amide bonds. The number of hydrogen-bond acceptors (Lipinski definition) is 5. The fraction of sp³-hybridized carbons (Fsp3) is 0.0769. The van der Waals surface area contributed by atoms with Gasteiger partial charge in [0.2, 0.25) is 5.82 Å². The van der Waals surface area contributed by atoms with Gasteiger partial charge in [0.1, 0.15) is 6.07 Å². The lowest BCUT2D eigenvalue weighted by molar-refractivity contribution is 0.0986. The Morgan fingerprint density at radius 1 is 1.38 bits per heavy atom. The lowest BCUT2D eigenvalue weighted by atomic mass is 10.1. The number of anilines is 1. The molecule has 0 unspecified atom stereocenters. The van der Waals surface area contributed by atoms with Crippen LogP contribution in [0.15, 0.2) is 34.9 Å². The highest BCUT2D eigenvalue weighted by molar-refractivity contribution is 9.10. The molecule has 0 atom stereocenters. The van der Waals surface area contributed by atoms with Gasteiger partial charge in [0.15, 0.2) is 5.82 Å². The Bertz CT molecular complexity index is 711. The molecule has 21 heavy (non-hydrogen) atoms. The van der Waals surface area contributed by atoms with Crippen molar-refractivity contribution in [3.8, 4) is 6.07 Å². The summed E-state index contributed by atoms with van der Waals surface area (Å²) in [7, 11) is 0. The molecule has 0 fully saturated rings. The number of rotatable bonds is 3. The van der Waals surface area contributed by atoms with E-state index in [9.17, 15) is 4.79 Å². The maximum absolute atomic E-state index is 12.3. The minimum atomic E-state index is -0.431. The molecular formula is C13H9Br2N5O. The minimum Gasteiger partial charge on any atom is -0.267 e. The molecule has 2 rings (SSSR count). The number of carbonyl (C=O) groups is 1. The van der Waals surface area contributed by atoms with E-state index < -0.39 is 5.91 Å². The van der Waals surface area contributed by atoms with Crippen LogP contribution in [0.3, 0.4) is 0 Å². The minimum absolute atomic E-state index is 0.0638. The van der Waals surface area contributed by atoms with Gasteiger partial charge in [0.25, 0.3) is 5.91 Å². The molecule has 0 radical (unpaired) electrons. The Kier molecular flexibility index (Phi) is 5.01. The second kappa shape index (κ2) is 6.76. The maximum Gasteiger partial charge on any atom is 0.273 e. The standard InChI is InChI=1S/C13H9Br2N5O/c14-5-8-1-3-9(4-2-8)13(21)20(17)12-10(15)7-18-11(6-16)19-12/h1-4,7H,5,17H2. The Hall–Kier alpha value is -1.82. The van der Waals surface area contributed by atoms with Crippen LogP contribution in [0.4, 0.5) is 5.82 Å². The summed E-state index contributed by atoms with van der Waals surface area (Å²) in [5.41, 5.74) is 1.47. The zero-order chi connectivity index (χ0) is 15.4. The van der Waals surface area contributed by atoms with Crippen LogP contribution < -0.4 is 10.9 Å². The second-order valence-corrected chi connectivity index (χ2v) is 5.40. The first-order chi connectivity index (χ1) is 10.1. The van der Waals surface area contributed by atoms with Crippen molar-refractivity contribution in [3.05, 3.63) is 51.9 Å². The number of nitrogens with zero attached hydrogens (tertiary/aromatic N) is 4. The molecule has 8 heteroatoms. The predicted molar refractivity (Wildman–Crippen MR) is 84.5 cm³/mol. The molecule has 6 nitrogen and oxygen atoms in total. The number of amides is 1. The largest absolute Gasteiger partial charge is 0.273 e. The molecule has 2 N–H and O–H groups in total. The summed E-state index contributed by atoms with van der Waals surface area (Å²) in [5, 5.41) is 10.4. The molecule has 0 aliphatic rings. The van der Waals surface area contributed by atoms with E-state index in [1.807, 2.05) is 12.1 Å². The Morgan fingerprint density at radius 2 is 2.05 bits per heavy atom. The number of nitriles is 1. The highest BCUT2D eigenvalue weighted by Crippen LogP contribution is 2.22. The van der Waals surface area contributed by atoms with Gasteiger partial charge in [-0.2, -0.15) is 10.2 Å². The summed E-state index contributed by atoms with van der Waals surface area (Å²) in [6, 6.07) is 8.81. The number of alkyl halides is 1. The first-order valence-electron chi connectivity index (χ1n) is 5.73. The normalized spacial score (nSPS) is 10.0. The van der Waals surface area contributed by atoms with Gasteiger partial charge in [-0.05, 0) is 33.6 Å². The summed E-state index contributed by atoms with van der Waals surface area (Å²) in [4.78, 5) is 20.0. The third-order valence-electron chi connectivity index (χ3n) is 2.63. The van der Waals surface area contributed by atoms with Crippen molar-refractivity contribution in [2.75, 3.05) is 5.01 Å². The SMILES string of the molecule is N#Cc1ncc(Br)c(N(N)C(=O)c2ccc(CBr)cc2)n1. The van der Waals surface area contributed by atoms with Crippen LogP contribution in [0.1, 0.15) is 21.7 Å². The second-order valence-electron chi connectivity index (χ2n) is 3.98. The van der Waals surface area contributed by atoms with Crippen molar-refractivity contribution in [2.24, 2.45) is 5.84 Å². The van der Waals surface area contributed by atoms with Gasteiger partial charge in [0.05, 0.1) is 4.47 Å². The van der Waals surface area contributed by atoms with E-state index in [2.05, 4.69) is 41.8 Å². The van der Waals surface area contributed by atoms with Crippen molar-refractivity contribution < 1.29 is 4.79 Å². The molecule has 1 aromatic carbocycles. The van der Waals surface area contributed by atoms with Crippen molar-refractivity contribution in [3.63, 3.8) is 0 Å². The number of benzene rings is 1. The first-order valence-corrected chi connectivity index (χ1v) is 7.65. The van der Waals surface area contributed by atoms with E-state index in [1.54, 1.807) is 18.2 Å². The van der Waals surface area contributed by atoms with Crippen molar-refractivity contribution >= 4 is 43.6 Å². The van der Waals surface area contributed by atoms with Crippen molar-refractivity contribution in [1.82, 2.24) is 9.97 Å². The number of nitrogens with two attached hydrogens (primary N) is 1. The molecular weight excluding hydrogens is 402 g/mol. The summed E-state index contributed by atoms with van der Waals surface area (Å²) >= 11 is 6.55. The van der Waals surface area contributed by atoms with Gasteiger partial charge in [-0.25, -0.2) is 15.8 Å². The van der Waals surface area contributed by atoms with Gasteiger partial charge in [-0.3, -0.25) is 4.79 Å². The third kappa shape index (κ3) is 3.44. The van der Waals surface area contributed by atoms with Crippen LogP contribution in [-0.4, -0.2) is 15.9 Å². The molecule has 0 aliphatic heterocycles. The van der Waals surface area contributed by atoms with Crippen LogP contribution in [0.5, 0.6) is 0 Å². The summed E-state index contributed by atoms with van der Waals surface area (Å²) in [5.74, 6) is 5.45. The quantitative estimate of drug-likeness (QED) is 0.363. The van der Waals surface area contributed by atoms with Crippen LogP contribution in [0.2, 0.25) is 0 Å². The molecule has 0 aliphatic carbocycles. The fourth-order valence-corrected chi connectivity index (χ4v) is 2.31. The van der Waals surface area contributed by atoms with E-state index in [1.165, 1.54) is 6.20 Å². The lowest BCUT2D eigenvalue weighted by Crippen LogP contribution is -2.38. The summed E-state index contributed by atoms with van der Waals surface area (Å²) < 4.78 is 0.425. The van der Waals surface area contributed by atoms with E-state index in [0.29, 0.717) is 15.4 Å². The zero-order valence-electron chi connectivity index (χ0n) is 10.6. The Balaban J connectivity index is 2.32. The van der Waals surface area contributed by atoms with Gasteiger partial charge >= 0.3 is 0 Å². The fourth-order valence-electron chi connectivity index (χ4n) is 1.55. The van der Waals surface area contributed by atoms with Gasteiger partial charge in [0, 0.05) is 17.1 Å². The summed E-state index contributed by atoms with van der Waals surface area (Å²) in [6.45, 7) is 0. The Morgan fingerprint density at radius 3 is 2.62 bits per heavy atom. The number of carbonyl (C=O) groups excluding carboxylic acids is 1. The lowest BCUT2D eigenvalue weighted by Gasteiger charge is -2.16. The number of hydrogen-bond donors (Lipinski definition) is 1. The smallest absolute Gasteiger partial charge is 0.267 e. The average molecular weight is 411 g/mol. The van der Waals surface area contributed by atoms with Crippen molar-refractivity contribution in [2.45, 2.75) is 5.33 Å². The predicted octanol–water partition coefficient (Wildman–Crippen LogP) is 2.53. The molecule has 0 saturated carbocycles. The molecule has 2 aromatic rings. The van der Waals surface area contributed by atoms with Gasteiger partial charge in [-0.15, -0.1) is 0 Å². The highest BCUT2D eigenvalue weighted by Gasteiger charge is 2.19. The topological polar surface area (TPSA) is 95.9 Å². The zero-order valence-corrected chi connectivity index (χ0v) is 13.8. The number of halogens is 2. The van der Waals surface area contributed by atoms with Gasteiger partial charge in [-0.1, -0.05) is 28.1 Å². The van der Waals surface area contributed by atoms with E-state index in [0.717, 1.165) is 10.6 Å². The maximum atomic E-state index is 12.3. The number of hydrazine groups is 1. The van der Waals surface area contributed by atoms with Crippen LogP contribution >= 0.6 is 31.9 Å². The van der Waals surface area contributed by atoms with Crippen molar-refractivity contribution in [1.29, 1.82) is 5.26 Å². The third-order valence-corrected chi connectivity index (χ3v) is 3.83. The molecule has 0 spiro atoms. The van der Waals surface area contributed by atoms with Crippen LogP contribution in [0, 0.1) is 11.3 Å². The molecule has 1 aromatic heterocycles. The average Bonchev–Trinajstić information content (AvgIpc) is 2.54. The monoisotopic (exact) mass is 409 g/mol. The van der Waals surface area contributed by atoms with E-state index in [-0.39, 0.29) is 11.6 Å².